The average molecular weight is 182 g/mol. The number of ether oxygens (including phenoxy) is 3. The summed E-state index contributed by atoms with van der Waals surface area (Å²) in [5.74, 6) is 0. The molecular weight excluding hydrogens is 168 g/mol. The lowest BCUT2D eigenvalue weighted by molar-refractivity contribution is -0.197. The number of hydrogen-bond donors (Lipinski definition) is 0. The van der Waals surface area contributed by atoms with Crippen LogP contribution < -0.4 is 0 Å². The van der Waals surface area contributed by atoms with Gasteiger partial charge in [-0.15, -0.1) is 0 Å². The van der Waals surface area contributed by atoms with Gasteiger partial charge in [-0.3, -0.25) is 0 Å². The fourth-order valence-corrected chi connectivity index (χ4v) is 2.20. The molecule has 2 rings (SSSR count). The molecule has 0 radical (unpaired) electrons. The van der Waals surface area contributed by atoms with Crippen LogP contribution in [0.1, 0.15) is 19.3 Å². The van der Waals surface area contributed by atoms with Gasteiger partial charge >= 0.3 is 0 Å². The highest BCUT2D eigenvalue weighted by Crippen LogP contribution is 2.46. The van der Waals surface area contributed by atoms with E-state index in [1.54, 1.807) is 0 Å². The average Bonchev–Trinajstić information content (AvgIpc) is 2.63. The molecule has 0 spiro atoms. The summed E-state index contributed by atoms with van der Waals surface area (Å²) in [7, 11) is 0. The summed E-state index contributed by atoms with van der Waals surface area (Å²) in [4.78, 5) is 0. The van der Waals surface area contributed by atoms with Crippen molar-refractivity contribution in [3.8, 4) is 0 Å². The smallest absolute Gasteiger partial charge is 0.239 e. The van der Waals surface area contributed by atoms with Gasteiger partial charge in [-0.1, -0.05) is 13.2 Å². The first-order valence-corrected chi connectivity index (χ1v) is 4.51. The van der Waals surface area contributed by atoms with Gasteiger partial charge in [0, 0.05) is 6.42 Å². The molecule has 0 N–H and O–H groups in total. The van der Waals surface area contributed by atoms with E-state index in [-0.39, 0.29) is 18.0 Å². The zero-order valence-electron chi connectivity index (χ0n) is 7.57. The third-order valence-corrected chi connectivity index (χ3v) is 2.75. The molecule has 13 heavy (non-hydrogen) atoms. The van der Waals surface area contributed by atoms with Gasteiger partial charge in [0.05, 0.1) is 18.6 Å². The van der Waals surface area contributed by atoms with Crippen LogP contribution in [0.25, 0.3) is 0 Å². The Balaban J connectivity index is 2.11. The van der Waals surface area contributed by atoms with Crippen molar-refractivity contribution in [3.05, 3.63) is 25.7 Å². The van der Waals surface area contributed by atoms with E-state index in [0.717, 1.165) is 19.3 Å². The van der Waals surface area contributed by atoms with E-state index >= 15 is 0 Å². The van der Waals surface area contributed by atoms with Crippen LogP contribution in [0.5, 0.6) is 0 Å². The number of hydrogen-bond acceptors (Lipinski definition) is 3. The molecule has 0 aromatic rings. The molecule has 3 unspecified atom stereocenters. The Labute approximate surface area is 78.0 Å². The van der Waals surface area contributed by atoms with Gasteiger partial charge in [-0.2, -0.15) is 0 Å². The van der Waals surface area contributed by atoms with Crippen LogP contribution in [-0.2, 0) is 14.2 Å². The van der Waals surface area contributed by atoms with E-state index in [1.165, 1.54) is 12.5 Å². The molecule has 3 nitrogen and oxygen atoms in total. The zero-order valence-corrected chi connectivity index (χ0v) is 7.57. The van der Waals surface area contributed by atoms with Crippen molar-refractivity contribution in [3.63, 3.8) is 0 Å². The first-order chi connectivity index (χ1) is 6.30. The lowest BCUT2D eigenvalue weighted by Gasteiger charge is -2.32. The predicted molar refractivity (Wildman–Crippen MR) is 47.8 cm³/mol. The Morgan fingerprint density at radius 3 is 2.85 bits per heavy atom. The van der Waals surface area contributed by atoms with Crippen molar-refractivity contribution in [2.45, 2.75) is 37.3 Å². The topological polar surface area (TPSA) is 27.7 Å². The molecule has 1 heterocycles. The van der Waals surface area contributed by atoms with Gasteiger partial charge in [-0.25, -0.2) is 0 Å². The van der Waals surface area contributed by atoms with Crippen LogP contribution in [-0.4, -0.2) is 18.0 Å². The minimum absolute atomic E-state index is 0.282. The Kier molecular flexibility index (Phi) is 2.04. The van der Waals surface area contributed by atoms with Gasteiger partial charge in [0.15, 0.2) is 5.60 Å². The maximum absolute atomic E-state index is 5.59. The summed E-state index contributed by atoms with van der Waals surface area (Å²) in [5.41, 5.74) is -0.305. The standard InChI is InChI=1S/C10H14O3/c1-3-11-9-10(12-4-2)6-5-8(7-10)13-9/h3-4,8-9H,1-2,5-7H2. The van der Waals surface area contributed by atoms with Crippen molar-refractivity contribution < 1.29 is 14.2 Å². The molecule has 2 aliphatic rings. The molecule has 72 valence electrons. The fraction of sp³-hybridized carbons (Fsp3) is 0.600. The van der Waals surface area contributed by atoms with Crippen molar-refractivity contribution in [1.29, 1.82) is 0 Å². The second-order valence-corrected chi connectivity index (χ2v) is 3.48. The van der Waals surface area contributed by atoms with E-state index in [9.17, 15) is 0 Å². The highest BCUT2D eigenvalue weighted by atomic mass is 16.7. The monoisotopic (exact) mass is 182 g/mol. The lowest BCUT2D eigenvalue weighted by atomic mass is 10.0. The molecule has 1 saturated carbocycles. The molecule has 0 aromatic heterocycles. The predicted octanol–water partition coefficient (Wildman–Crippen LogP) is 1.95. The SMILES string of the molecule is C=COC1OC2CCC1(OC=C)C2. The minimum atomic E-state index is -0.305. The molecule has 0 amide bonds. The molecule has 2 fully saturated rings. The lowest BCUT2D eigenvalue weighted by Crippen LogP contribution is -2.40. The Morgan fingerprint density at radius 2 is 2.23 bits per heavy atom. The molecule has 3 atom stereocenters. The van der Waals surface area contributed by atoms with E-state index in [0.29, 0.717) is 0 Å². The summed E-state index contributed by atoms with van der Waals surface area (Å²) in [6.07, 6.45) is 5.77. The van der Waals surface area contributed by atoms with Gasteiger partial charge in [0.2, 0.25) is 6.29 Å². The summed E-state index contributed by atoms with van der Waals surface area (Å²) in [5, 5.41) is 0. The third-order valence-electron chi connectivity index (χ3n) is 2.75. The Bertz CT molecular complexity index is 226. The molecular formula is C10H14O3. The van der Waals surface area contributed by atoms with Crippen molar-refractivity contribution >= 4 is 0 Å². The van der Waals surface area contributed by atoms with E-state index in [1.807, 2.05) is 0 Å². The Morgan fingerprint density at radius 1 is 1.38 bits per heavy atom. The van der Waals surface area contributed by atoms with Crippen LogP contribution in [0.3, 0.4) is 0 Å². The second-order valence-electron chi connectivity index (χ2n) is 3.48. The summed E-state index contributed by atoms with van der Waals surface area (Å²) in [6.45, 7) is 7.09. The number of fused-ring (bicyclic) bond motifs is 2. The zero-order chi connectivity index (χ0) is 9.31. The van der Waals surface area contributed by atoms with Crippen molar-refractivity contribution in [1.82, 2.24) is 0 Å². The minimum Gasteiger partial charge on any atom is -0.489 e. The summed E-state index contributed by atoms with van der Waals surface area (Å²) < 4.78 is 16.4. The van der Waals surface area contributed by atoms with Crippen molar-refractivity contribution in [2.24, 2.45) is 0 Å². The van der Waals surface area contributed by atoms with E-state index < -0.39 is 0 Å². The molecule has 1 saturated heterocycles. The molecule has 3 heteroatoms. The van der Waals surface area contributed by atoms with E-state index in [4.69, 9.17) is 14.2 Å². The van der Waals surface area contributed by atoms with Gasteiger partial charge < -0.3 is 14.2 Å². The summed E-state index contributed by atoms with van der Waals surface area (Å²) >= 11 is 0. The van der Waals surface area contributed by atoms with Crippen LogP contribution in [0, 0.1) is 0 Å². The van der Waals surface area contributed by atoms with Crippen molar-refractivity contribution in [2.75, 3.05) is 0 Å². The highest BCUT2D eigenvalue weighted by Gasteiger charge is 2.56. The van der Waals surface area contributed by atoms with Gasteiger partial charge in [-0.05, 0) is 12.8 Å². The quantitative estimate of drug-likeness (QED) is 0.622. The number of rotatable bonds is 4. The van der Waals surface area contributed by atoms with Crippen LogP contribution in [0.2, 0.25) is 0 Å². The molecule has 0 aromatic carbocycles. The van der Waals surface area contributed by atoms with Crippen LogP contribution in [0.15, 0.2) is 25.7 Å². The summed E-state index contributed by atoms with van der Waals surface area (Å²) in [6, 6.07) is 0. The third kappa shape index (κ3) is 1.23. The normalized spacial score (nSPS) is 41.5. The van der Waals surface area contributed by atoms with Crippen LogP contribution in [0.4, 0.5) is 0 Å². The molecule has 1 aliphatic heterocycles. The van der Waals surface area contributed by atoms with Gasteiger partial charge in [0.25, 0.3) is 0 Å². The molecule has 1 aliphatic carbocycles. The maximum Gasteiger partial charge on any atom is 0.239 e. The second kappa shape index (κ2) is 3.07. The first kappa shape index (κ1) is 8.63. The molecule has 2 bridgehead atoms. The largest absolute Gasteiger partial charge is 0.489 e. The highest BCUT2D eigenvalue weighted by molar-refractivity contribution is 5.02. The first-order valence-electron chi connectivity index (χ1n) is 4.51. The van der Waals surface area contributed by atoms with Crippen LogP contribution >= 0.6 is 0 Å². The fourth-order valence-electron chi connectivity index (χ4n) is 2.20. The van der Waals surface area contributed by atoms with E-state index in [2.05, 4.69) is 13.2 Å². The Hall–Kier alpha value is -0.960. The maximum atomic E-state index is 5.59. The van der Waals surface area contributed by atoms with Gasteiger partial charge in [0.1, 0.15) is 0 Å².